The van der Waals surface area contributed by atoms with Gasteiger partial charge in [0, 0.05) is 17.4 Å². The third-order valence-corrected chi connectivity index (χ3v) is 4.77. The minimum atomic E-state index is -0.205. The number of nitrogens with zero attached hydrogens (tertiary/aromatic N) is 2. The van der Waals surface area contributed by atoms with Crippen molar-refractivity contribution in [2.24, 2.45) is 0 Å². The van der Waals surface area contributed by atoms with Crippen molar-refractivity contribution in [1.29, 1.82) is 0 Å². The Morgan fingerprint density at radius 2 is 2.09 bits per heavy atom. The van der Waals surface area contributed by atoms with Crippen LogP contribution >= 0.6 is 47.2 Å². The van der Waals surface area contributed by atoms with E-state index in [0.29, 0.717) is 25.0 Å². The van der Waals surface area contributed by atoms with Crippen molar-refractivity contribution in [3.8, 4) is 0 Å². The van der Waals surface area contributed by atoms with Gasteiger partial charge in [-0.15, -0.1) is 0 Å². The SMILES string of the molecule is O=C1/C(=C\c2cccnc2)SC(=S)N1c1ccc(Cl)cc1Cl. The highest BCUT2D eigenvalue weighted by atomic mass is 35.5. The molecular weight excluding hydrogens is 359 g/mol. The van der Waals surface area contributed by atoms with E-state index < -0.39 is 0 Å². The van der Waals surface area contributed by atoms with Gasteiger partial charge in [-0.2, -0.15) is 0 Å². The Hall–Kier alpha value is -1.40. The molecule has 0 saturated carbocycles. The lowest BCUT2D eigenvalue weighted by atomic mass is 10.2. The molecule has 0 atom stereocenters. The Morgan fingerprint density at radius 3 is 2.77 bits per heavy atom. The number of pyridine rings is 1. The van der Waals surface area contributed by atoms with Crippen LogP contribution in [0.15, 0.2) is 47.6 Å². The second-order valence-electron chi connectivity index (χ2n) is 4.40. The second kappa shape index (κ2) is 6.38. The summed E-state index contributed by atoms with van der Waals surface area (Å²) in [5, 5.41) is 0.886. The van der Waals surface area contributed by atoms with E-state index in [1.807, 2.05) is 12.1 Å². The van der Waals surface area contributed by atoms with Crippen LogP contribution in [0.2, 0.25) is 10.0 Å². The van der Waals surface area contributed by atoms with E-state index in [1.54, 1.807) is 36.7 Å². The van der Waals surface area contributed by atoms with E-state index in [4.69, 9.17) is 35.4 Å². The molecular formula is C15H8Cl2N2OS2. The zero-order chi connectivity index (χ0) is 15.7. The molecule has 1 aliphatic rings. The van der Waals surface area contributed by atoms with E-state index in [-0.39, 0.29) is 5.91 Å². The van der Waals surface area contributed by atoms with Crippen LogP contribution in [0.4, 0.5) is 5.69 Å². The lowest BCUT2D eigenvalue weighted by Gasteiger charge is -2.16. The fraction of sp³-hybridized carbons (Fsp3) is 0. The van der Waals surface area contributed by atoms with Gasteiger partial charge in [0.2, 0.25) is 0 Å². The molecule has 1 amide bonds. The molecule has 0 spiro atoms. The highest BCUT2D eigenvalue weighted by Gasteiger charge is 2.34. The van der Waals surface area contributed by atoms with Gasteiger partial charge in [-0.05, 0) is 35.9 Å². The first-order valence-electron chi connectivity index (χ1n) is 6.19. The summed E-state index contributed by atoms with van der Waals surface area (Å²) in [6.07, 6.45) is 5.12. The fourth-order valence-corrected chi connectivity index (χ4v) is 3.73. The van der Waals surface area contributed by atoms with Gasteiger partial charge in [-0.25, -0.2) is 0 Å². The number of benzene rings is 1. The zero-order valence-electron chi connectivity index (χ0n) is 11.0. The average molecular weight is 367 g/mol. The summed E-state index contributed by atoms with van der Waals surface area (Å²) in [6.45, 7) is 0. The summed E-state index contributed by atoms with van der Waals surface area (Å²) in [5.41, 5.74) is 1.37. The summed E-state index contributed by atoms with van der Waals surface area (Å²) in [7, 11) is 0. The van der Waals surface area contributed by atoms with Crippen molar-refractivity contribution in [1.82, 2.24) is 4.98 Å². The molecule has 1 fully saturated rings. The smallest absolute Gasteiger partial charge is 0.268 e. The normalized spacial score (nSPS) is 16.6. The van der Waals surface area contributed by atoms with Crippen LogP contribution in [0.3, 0.4) is 0 Å². The molecule has 0 N–H and O–H groups in total. The predicted octanol–water partition coefficient (Wildman–Crippen LogP) is 4.79. The van der Waals surface area contributed by atoms with E-state index in [0.717, 1.165) is 5.56 Å². The van der Waals surface area contributed by atoms with Crippen molar-refractivity contribution >= 4 is 69.2 Å². The number of amides is 1. The first-order valence-corrected chi connectivity index (χ1v) is 8.17. The van der Waals surface area contributed by atoms with Crippen molar-refractivity contribution in [3.63, 3.8) is 0 Å². The molecule has 7 heteroatoms. The molecule has 1 aromatic carbocycles. The number of thioether (sulfide) groups is 1. The molecule has 0 bridgehead atoms. The molecule has 2 aromatic rings. The Labute approximate surface area is 146 Å². The van der Waals surface area contributed by atoms with E-state index in [2.05, 4.69) is 4.98 Å². The summed E-state index contributed by atoms with van der Waals surface area (Å²) < 4.78 is 0.435. The predicted molar refractivity (Wildman–Crippen MR) is 96.4 cm³/mol. The van der Waals surface area contributed by atoms with Crippen LogP contribution in [0.25, 0.3) is 6.08 Å². The molecule has 1 aromatic heterocycles. The number of hydrogen-bond donors (Lipinski definition) is 0. The Balaban J connectivity index is 1.97. The maximum Gasteiger partial charge on any atom is 0.270 e. The number of carbonyl (C=O) groups excluding carboxylic acids is 1. The van der Waals surface area contributed by atoms with Crippen LogP contribution in [0.1, 0.15) is 5.56 Å². The van der Waals surface area contributed by atoms with E-state index >= 15 is 0 Å². The Kier molecular flexibility index (Phi) is 4.49. The Morgan fingerprint density at radius 1 is 1.27 bits per heavy atom. The van der Waals surface area contributed by atoms with Crippen LogP contribution in [0, 0.1) is 0 Å². The molecule has 0 radical (unpaired) electrons. The summed E-state index contributed by atoms with van der Waals surface area (Å²) in [5.74, 6) is -0.205. The molecule has 0 aliphatic carbocycles. The monoisotopic (exact) mass is 366 g/mol. The van der Waals surface area contributed by atoms with Crippen molar-refractivity contribution in [3.05, 3.63) is 63.2 Å². The maximum atomic E-state index is 12.6. The van der Waals surface area contributed by atoms with Crippen LogP contribution in [-0.4, -0.2) is 15.2 Å². The average Bonchev–Trinajstić information content (AvgIpc) is 2.75. The topological polar surface area (TPSA) is 33.2 Å². The van der Waals surface area contributed by atoms with Crippen molar-refractivity contribution in [2.45, 2.75) is 0 Å². The molecule has 0 unspecified atom stereocenters. The molecule has 2 heterocycles. The summed E-state index contributed by atoms with van der Waals surface area (Å²) in [6, 6.07) is 8.62. The number of anilines is 1. The number of hydrogen-bond acceptors (Lipinski definition) is 4. The largest absolute Gasteiger partial charge is 0.270 e. The van der Waals surface area contributed by atoms with Gasteiger partial charge < -0.3 is 0 Å². The zero-order valence-corrected chi connectivity index (χ0v) is 14.1. The van der Waals surface area contributed by atoms with Gasteiger partial charge in [0.25, 0.3) is 5.91 Å². The fourth-order valence-electron chi connectivity index (χ4n) is 1.95. The third-order valence-electron chi connectivity index (χ3n) is 2.93. The standard InChI is InChI=1S/C15H8Cl2N2OS2/c16-10-3-4-12(11(17)7-10)19-14(20)13(22-15(19)21)6-9-2-1-5-18-8-9/h1-8H/b13-6+. The molecule has 1 saturated heterocycles. The summed E-state index contributed by atoms with van der Waals surface area (Å²) in [4.78, 5) is 18.6. The minimum absolute atomic E-state index is 0.205. The van der Waals surface area contributed by atoms with Crippen LogP contribution < -0.4 is 4.90 Å². The van der Waals surface area contributed by atoms with Crippen molar-refractivity contribution < 1.29 is 4.79 Å². The maximum absolute atomic E-state index is 12.6. The quantitative estimate of drug-likeness (QED) is 0.564. The Bertz CT molecular complexity index is 793. The molecule has 22 heavy (non-hydrogen) atoms. The highest BCUT2D eigenvalue weighted by Crippen LogP contribution is 2.39. The van der Waals surface area contributed by atoms with Gasteiger partial charge in [0.15, 0.2) is 4.32 Å². The minimum Gasteiger partial charge on any atom is -0.268 e. The molecule has 1 aliphatic heterocycles. The molecule has 3 nitrogen and oxygen atoms in total. The van der Waals surface area contributed by atoms with Crippen LogP contribution in [0.5, 0.6) is 0 Å². The van der Waals surface area contributed by atoms with E-state index in [9.17, 15) is 4.79 Å². The van der Waals surface area contributed by atoms with Gasteiger partial charge in [0.1, 0.15) is 0 Å². The first kappa shape index (κ1) is 15.5. The van der Waals surface area contributed by atoms with Crippen molar-refractivity contribution in [2.75, 3.05) is 4.90 Å². The number of aromatic nitrogens is 1. The van der Waals surface area contributed by atoms with Gasteiger partial charge in [-0.3, -0.25) is 14.7 Å². The number of rotatable bonds is 2. The first-order chi connectivity index (χ1) is 10.6. The lowest BCUT2D eigenvalue weighted by molar-refractivity contribution is -0.113. The number of thiocarbonyl (C=S) groups is 1. The van der Waals surface area contributed by atoms with Crippen LogP contribution in [-0.2, 0) is 4.79 Å². The molecule has 110 valence electrons. The lowest BCUT2D eigenvalue weighted by Crippen LogP contribution is -2.27. The number of halogens is 2. The highest BCUT2D eigenvalue weighted by molar-refractivity contribution is 8.27. The third kappa shape index (κ3) is 3.03. The molecule has 3 rings (SSSR count). The van der Waals surface area contributed by atoms with Gasteiger partial charge >= 0.3 is 0 Å². The summed E-state index contributed by atoms with van der Waals surface area (Å²) >= 11 is 18.6. The number of carbonyl (C=O) groups is 1. The second-order valence-corrected chi connectivity index (χ2v) is 6.92. The van der Waals surface area contributed by atoms with Gasteiger partial charge in [0.05, 0.1) is 15.6 Å². The van der Waals surface area contributed by atoms with E-state index in [1.165, 1.54) is 16.7 Å². The van der Waals surface area contributed by atoms with Gasteiger partial charge in [-0.1, -0.05) is 53.2 Å².